The molecule has 2 unspecified atom stereocenters. The molecule has 214 valence electrons. The third-order valence-corrected chi connectivity index (χ3v) is 7.56. The number of carboxylic acid groups (broad SMARTS) is 1. The van der Waals surface area contributed by atoms with Gasteiger partial charge >= 0.3 is 12.1 Å². The van der Waals surface area contributed by atoms with Gasteiger partial charge in [-0.25, -0.2) is 4.79 Å². The van der Waals surface area contributed by atoms with E-state index < -0.39 is 23.6 Å². The van der Waals surface area contributed by atoms with Crippen LogP contribution in [0, 0.1) is 11.8 Å². The molecule has 2 aromatic rings. The number of carboxylic acids is 1. The number of aromatic carboxylic acids is 1. The van der Waals surface area contributed by atoms with Crippen molar-refractivity contribution in [2.45, 2.75) is 58.5 Å². The number of hydrogen-bond donors (Lipinski definition) is 2. The van der Waals surface area contributed by atoms with E-state index in [1.165, 1.54) is 60.5 Å². The summed E-state index contributed by atoms with van der Waals surface area (Å²) in [6, 6.07) is 8.83. The molecule has 0 radical (unpaired) electrons. The zero-order valence-corrected chi connectivity index (χ0v) is 23.2. The SMILES string of the molecule is C=C(/C=C\C(=C(/C)c1ccc(C(CC2CC2)C(=O)N(C)c2ccc(C(=O)O)cc2)[n+](O)c1)C(F)(F)F)C(C)CC. The van der Waals surface area contributed by atoms with Crippen LogP contribution in [0.4, 0.5) is 18.9 Å². The van der Waals surface area contributed by atoms with Crippen LogP contribution in [-0.2, 0) is 4.79 Å². The van der Waals surface area contributed by atoms with Gasteiger partial charge in [0.05, 0.1) is 11.1 Å². The molecule has 9 heteroatoms. The first kappa shape index (κ1) is 30.7. The molecule has 0 aliphatic heterocycles. The van der Waals surface area contributed by atoms with E-state index in [2.05, 4.69) is 6.58 Å². The standard InChI is InChI=1S/C31H35F3N2O4/c1-6-19(2)20(3)7-15-27(31(32,33)34)21(4)24-12-16-28(36(40)18-24)26(17-22-8-9-22)29(37)35(5)25-13-10-23(11-14-25)30(38)39/h7,10-16,18-19,22,26H,3,6,8-9,17H2,1-2,4-5H3,(H-,38,39,40)/p+1/b15-7-,27-21-. The van der Waals surface area contributed by atoms with Gasteiger partial charge in [0, 0.05) is 29.1 Å². The lowest BCUT2D eigenvalue weighted by molar-refractivity contribution is -0.910. The Labute approximate surface area is 232 Å². The largest absolute Gasteiger partial charge is 0.478 e. The highest BCUT2D eigenvalue weighted by atomic mass is 19.4. The summed E-state index contributed by atoms with van der Waals surface area (Å²) in [4.78, 5) is 26.1. The molecule has 0 spiro atoms. The maximum atomic E-state index is 14.0. The lowest BCUT2D eigenvalue weighted by Crippen LogP contribution is -2.42. The maximum absolute atomic E-state index is 14.0. The Bertz CT molecular complexity index is 1330. The monoisotopic (exact) mass is 557 g/mol. The minimum absolute atomic E-state index is 0.0408. The Morgan fingerprint density at radius 2 is 1.73 bits per heavy atom. The van der Waals surface area contributed by atoms with Crippen LogP contribution in [0.15, 0.2) is 72.5 Å². The van der Waals surface area contributed by atoms with Gasteiger partial charge in [-0.3, -0.25) is 10.0 Å². The maximum Gasteiger partial charge on any atom is 0.416 e. The first-order chi connectivity index (χ1) is 18.7. The summed E-state index contributed by atoms with van der Waals surface area (Å²) in [5.41, 5.74) is 0.660. The highest BCUT2D eigenvalue weighted by Crippen LogP contribution is 2.39. The normalized spacial score (nSPS) is 15.9. The Morgan fingerprint density at radius 1 is 1.12 bits per heavy atom. The van der Waals surface area contributed by atoms with Crippen LogP contribution < -0.4 is 9.63 Å². The number of carbonyl (C=O) groups excluding carboxylic acids is 1. The Kier molecular flexibility index (Phi) is 9.60. The summed E-state index contributed by atoms with van der Waals surface area (Å²) >= 11 is 0. The van der Waals surface area contributed by atoms with E-state index in [0.29, 0.717) is 23.6 Å². The van der Waals surface area contributed by atoms with Crippen LogP contribution in [0.3, 0.4) is 0 Å². The molecule has 1 fully saturated rings. The van der Waals surface area contributed by atoms with Crippen molar-refractivity contribution >= 4 is 23.1 Å². The second-order valence-electron chi connectivity index (χ2n) is 10.4. The third kappa shape index (κ3) is 7.40. The van der Waals surface area contributed by atoms with Gasteiger partial charge in [-0.05, 0) is 73.6 Å². The van der Waals surface area contributed by atoms with Crippen LogP contribution in [0.5, 0.6) is 0 Å². The van der Waals surface area contributed by atoms with Crippen molar-refractivity contribution in [2.75, 3.05) is 11.9 Å². The number of carbonyl (C=O) groups is 2. The smallest absolute Gasteiger partial charge is 0.416 e. The van der Waals surface area contributed by atoms with E-state index in [1.807, 2.05) is 13.8 Å². The highest BCUT2D eigenvalue weighted by Gasteiger charge is 2.39. The lowest BCUT2D eigenvalue weighted by atomic mass is 9.94. The molecule has 1 saturated carbocycles. The van der Waals surface area contributed by atoms with Gasteiger partial charge in [0.2, 0.25) is 17.8 Å². The van der Waals surface area contributed by atoms with Crippen molar-refractivity contribution in [1.29, 1.82) is 0 Å². The summed E-state index contributed by atoms with van der Waals surface area (Å²) in [5, 5.41) is 20.0. The third-order valence-electron chi connectivity index (χ3n) is 7.56. The molecular formula is C31H36F3N2O4+. The van der Waals surface area contributed by atoms with Crippen LogP contribution >= 0.6 is 0 Å². The predicted molar refractivity (Wildman–Crippen MR) is 147 cm³/mol. The van der Waals surface area contributed by atoms with E-state index in [4.69, 9.17) is 5.11 Å². The van der Waals surface area contributed by atoms with Crippen molar-refractivity contribution in [3.05, 3.63) is 89.3 Å². The van der Waals surface area contributed by atoms with E-state index in [9.17, 15) is 28.0 Å². The number of amides is 1. The van der Waals surface area contributed by atoms with Crippen LogP contribution in [-0.4, -0.2) is 35.4 Å². The lowest BCUT2D eigenvalue weighted by Gasteiger charge is -2.22. The van der Waals surface area contributed by atoms with Crippen LogP contribution in [0.25, 0.3) is 5.57 Å². The number of aromatic nitrogens is 1. The first-order valence-corrected chi connectivity index (χ1v) is 13.3. The second kappa shape index (κ2) is 12.5. The van der Waals surface area contributed by atoms with Gasteiger partial charge < -0.3 is 10.0 Å². The number of alkyl halides is 3. The fourth-order valence-corrected chi connectivity index (χ4v) is 4.43. The number of allylic oxidation sites excluding steroid dienone is 5. The van der Waals surface area contributed by atoms with Gasteiger partial charge in [-0.1, -0.05) is 44.9 Å². The molecule has 1 aromatic carbocycles. The fraction of sp³-hybridized carbons (Fsp3) is 0.387. The molecule has 1 heterocycles. The Balaban J connectivity index is 1.96. The van der Waals surface area contributed by atoms with Crippen LogP contribution in [0.1, 0.15) is 74.0 Å². The number of anilines is 1. The number of halogens is 3. The van der Waals surface area contributed by atoms with Gasteiger partial charge in [0.15, 0.2) is 0 Å². The minimum Gasteiger partial charge on any atom is -0.478 e. The number of benzene rings is 1. The molecule has 40 heavy (non-hydrogen) atoms. The quantitative estimate of drug-likeness (QED) is 0.178. The molecule has 1 aliphatic carbocycles. The summed E-state index contributed by atoms with van der Waals surface area (Å²) < 4.78 is 42.7. The number of likely N-dealkylation sites (N-methyl/N-ethyl adjacent to an activating group) is 1. The molecule has 2 atom stereocenters. The van der Waals surface area contributed by atoms with Crippen LogP contribution in [0.2, 0.25) is 0 Å². The molecule has 1 aromatic heterocycles. The minimum atomic E-state index is -4.63. The molecule has 0 saturated heterocycles. The summed E-state index contributed by atoms with van der Waals surface area (Å²) in [6.07, 6.45) is 2.10. The molecule has 2 N–H and O–H groups in total. The first-order valence-electron chi connectivity index (χ1n) is 13.3. The van der Waals surface area contributed by atoms with E-state index >= 15 is 0 Å². The second-order valence-corrected chi connectivity index (χ2v) is 10.4. The van der Waals surface area contributed by atoms with Crippen molar-refractivity contribution in [3.63, 3.8) is 0 Å². The van der Waals surface area contributed by atoms with Gasteiger partial charge in [-0.2, -0.15) is 13.2 Å². The van der Waals surface area contributed by atoms with E-state index in [0.717, 1.165) is 30.1 Å². The van der Waals surface area contributed by atoms with Crippen molar-refractivity contribution in [1.82, 2.24) is 0 Å². The molecule has 6 nitrogen and oxygen atoms in total. The van der Waals surface area contributed by atoms with E-state index in [1.54, 1.807) is 7.05 Å². The average Bonchev–Trinajstić information content (AvgIpc) is 3.74. The molecule has 1 aliphatic rings. The molecule has 3 rings (SSSR count). The number of pyridine rings is 1. The van der Waals surface area contributed by atoms with E-state index in [-0.39, 0.29) is 34.2 Å². The molecule has 0 bridgehead atoms. The molecule has 1 amide bonds. The Hall–Kier alpha value is -3.88. The van der Waals surface area contributed by atoms with Gasteiger partial charge in [-0.15, -0.1) is 0 Å². The fourth-order valence-electron chi connectivity index (χ4n) is 4.43. The average molecular weight is 558 g/mol. The van der Waals surface area contributed by atoms with Crippen molar-refractivity contribution in [3.8, 4) is 0 Å². The predicted octanol–water partition coefficient (Wildman–Crippen LogP) is 6.95. The summed E-state index contributed by atoms with van der Waals surface area (Å²) in [7, 11) is 1.57. The highest BCUT2D eigenvalue weighted by molar-refractivity contribution is 5.98. The number of nitrogens with zero attached hydrogens (tertiary/aromatic N) is 2. The topological polar surface area (TPSA) is 81.7 Å². The van der Waals surface area contributed by atoms with Gasteiger partial charge in [0.25, 0.3) is 0 Å². The number of rotatable bonds is 11. The molecular weight excluding hydrogens is 521 g/mol. The summed E-state index contributed by atoms with van der Waals surface area (Å²) in [6.45, 7) is 9.04. The zero-order chi connectivity index (χ0) is 29.8. The van der Waals surface area contributed by atoms with Crippen molar-refractivity contribution in [2.24, 2.45) is 11.8 Å². The van der Waals surface area contributed by atoms with Crippen molar-refractivity contribution < 1.29 is 37.8 Å². The Morgan fingerprint density at radius 3 is 2.23 bits per heavy atom. The van der Waals surface area contributed by atoms with Gasteiger partial charge in [0.1, 0.15) is 5.92 Å². The number of hydrogen-bond acceptors (Lipinski definition) is 3. The zero-order valence-electron chi connectivity index (χ0n) is 23.2. The summed E-state index contributed by atoms with van der Waals surface area (Å²) in [5.74, 6) is -1.80.